The Morgan fingerprint density at radius 1 is 1.31 bits per heavy atom. The minimum absolute atomic E-state index is 0.0409. The summed E-state index contributed by atoms with van der Waals surface area (Å²) in [6, 6.07) is 2.14. The number of nitrogens with one attached hydrogen (secondary N) is 1. The van der Waals surface area contributed by atoms with Crippen LogP contribution in [0.3, 0.4) is 0 Å². The van der Waals surface area contributed by atoms with Crippen molar-refractivity contribution in [3.63, 3.8) is 0 Å². The van der Waals surface area contributed by atoms with Crippen LogP contribution in [0.25, 0.3) is 0 Å². The number of rotatable bonds is 6. The normalized spacial score (nSPS) is 18.4. The van der Waals surface area contributed by atoms with Gasteiger partial charge in [0.1, 0.15) is 0 Å². The second kappa shape index (κ2) is 8.86. The summed E-state index contributed by atoms with van der Waals surface area (Å²) in [4.78, 5) is 30.8. The van der Waals surface area contributed by atoms with E-state index in [1.807, 2.05) is 0 Å². The highest BCUT2D eigenvalue weighted by molar-refractivity contribution is 7.13. The van der Waals surface area contributed by atoms with Crippen molar-refractivity contribution in [3.05, 3.63) is 28.4 Å². The lowest BCUT2D eigenvalue weighted by atomic mass is 9.97. The molecule has 9 heteroatoms. The molecule has 0 saturated carbocycles. The molecule has 1 fully saturated rings. The minimum Gasteiger partial charge on any atom is -0.466 e. The molecule has 1 unspecified atom stereocenters. The van der Waals surface area contributed by atoms with Crippen LogP contribution in [-0.2, 0) is 33.6 Å². The molecule has 8 nitrogen and oxygen atoms in total. The Hall–Kier alpha value is -2.55. The maximum Gasteiger partial charge on any atom is 0.311 e. The Balaban J connectivity index is 1.35. The number of aromatic nitrogens is 3. The van der Waals surface area contributed by atoms with Crippen LogP contribution in [-0.4, -0.2) is 46.8 Å². The van der Waals surface area contributed by atoms with Gasteiger partial charge in [0.05, 0.1) is 30.3 Å². The van der Waals surface area contributed by atoms with Crippen molar-refractivity contribution in [1.82, 2.24) is 15.2 Å². The van der Waals surface area contributed by atoms with Gasteiger partial charge < -0.3 is 15.0 Å². The van der Waals surface area contributed by atoms with Crippen LogP contribution >= 0.6 is 11.3 Å². The van der Waals surface area contributed by atoms with Gasteiger partial charge in [-0.25, -0.2) is 4.98 Å². The molecule has 29 heavy (non-hydrogen) atoms. The molecule has 0 radical (unpaired) electrons. The average molecular weight is 416 g/mol. The number of piperidine rings is 1. The van der Waals surface area contributed by atoms with Gasteiger partial charge in [-0.1, -0.05) is 0 Å². The highest BCUT2D eigenvalue weighted by atomic mass is 32.1. The Kier molecular flexibility index (Phi) is 6.03. The van der Waals surface area contributed by atoms with Gasteiger partial charge in [0.2, 0.25) is 5.91 Å². The van der Waals surface area contributed by atoms with Gasteiger partial charge in [-0.3, -0.25) is 9.59 Å². The number of hydrogen-bond acceptors (Lipinski definition) is 8. The van der Waals surface area contributed by atoms with Gasteiger partial charge >= 0.3 is 5.97 Å². The number of fused-ring (bicyclic) bond motifs is 1. The van der Waals surface area contributed by atoms with Crippen LogP contribution in [0.5, 0.6) is 0 Å². The first-order chi connectivity index (χ1) is 14.1. The topological polar surface area (TPSA) is 97.3 Å². The molecule has 2 aromatic rings. The number of hydrogen-bond donors (Lipinski definition) is 1. The summed E-state index contributed by atoms with van der Waals surface area (Å²) in [6.45, 7) is 3.63. The SMILES string of the molecule is CCOC(=O)Cc1csc(NC(=O)C2CCCN(c3cc4c(nn3)CCC4)C2)n1. The van der Waals surface area contributed by atoms with Gasteiger partial charge in [-0.2, -0.15) is 5.10 Å². The molecule has 0 bridgehead atoms. The smallest absolute Gasteiger partial charge is 0.311 e. The largest absolute Gasteiger partial charge is 0.466 e. The molecule has 154 valence electrons. The van der Waals surface area contributed by atoms with Crippen LogP contribution < -0.4 is 10.2 Å². The summed E-state index contributed by atoms with van der Waals surface area (Å²) in [5.41, 5.74) is 3.02. The number of ether oxygens (including phenoxy) is 1. The molecular formula is C20H25N5O3S. The first-order valence-electron chi connectivity index (χ1n) is 10.1. The Morgan fingerprint density at radius 3 is 3.07 bits per heavy atom. The fourth-order valence-electron chi connectivity index (χ4n) is 3.88. The van der Waals surface area contributed by atoms with Gasteiger partial charge in [0, 0.05) is 18.5 Å². The molecule has 1 aliphatic heterocycles. The quantitative estimate of drug-likeness (QED) is 0.724. The van der Waals surface area contributed by atoms with Crippen molar-refractivity contribution in [2.45, 2.75) is 45.4 Å². The fourth-order valence-corrected chi connectivity index (χ4v) is 4.60. The van der Waals surface area contributed by atoms with Crippen LogP contribution in [0, 0.1) is 5.92 Å². The number of amides is 1. The van der Waals surface area contributed by atoms with Crippen LogP contribution in [0.1, 0.15) is 43.1 Å². The third-order valence-electron chi connectivity index (χ3n) is 5.34. The van der Waals surface area contributed by atoms with Crippen LogP contribution in [0.4, 0.5) is 10.9 Å². The van der Waals surface area contributed by atoms with E-state index in [9.17, 15) is 9.59 Å². The number of esters is 1. The molecule has 1 aliphatic carbocycles. The summed E-state index contributed by atoms with van der Waals surface area (Å²) in [5, 5.41) is 14.0. The maximum atomic E-state index is 12.8. The lowest BCUT2D eigenvalue weighted by molar-refractivity contribution is -0.142. The fraction of sp³-hybridized carbons (Fsp3) is 0.550. The number of thiazole rings is 1. The predicted molar refractivity (Wildman–Crippen MR) is 110 cm³/mol. The molecule has 3 heterocycles. The van der Waals surface area contributed by atoms with Gasteiger partial charge in [-0.05, 0) is 50.7 Å². The van der Waals surface area contributed by atoms with Crippen molar-refractivity contribution in [2.24, 2.45) is 5.92 Å². The molecular weight excluding hydrogens is 390 g/mol. The highest BCUT2D eigenvalue weighted by Gasteiger charge is 2.28. The van der Waals surface area contributed by atoms with Crippen molar-refractivity contribution in [2.75, 3.05) is 29.9 Å². The zero-order chi connectivity index (χ0) is 20.2. The Labute approximate surface area is 173 Å². The van der Waals surface area contributed by atoms with E-state index >= 15 is 0 Å². The lowest BCUT2D eigenvalue weighted by Gasteiger charge is -2.32. The third kappa shape index (κ3) is 4.72. The van der Waals surface area contributed by atoms with E-state index < -0.39 is 0 Å². The number of carbonyl (C=O) groups excluding carboxylic acids is 2. The first kappa shape index (κ1) is 19.8. The van der Waals surface area contributed by atoms with E-state index in [1.165, 1.54) is 16.9 Å². The van der Waals surface area contributed by atoms with Crippen LogP contribution in [0.2, 0.25) is 0 Å². The zero-order valence-electron chi connectivity index (χ0n) is 16.5. The lowest BCUT2D eigenvalue weighted by Crippen LogP contribution is -2.41. The molecule has 2 aromatic heterocycles. The average Bonchev–Trinajstić information content (AvgIpc) is 3.37. The molecule has 1 N–H and O–H groups in total. The van der Waals surface area contributed by atoms with Crippen molar-refractivity contribution in [1.29, 1.82) is 0 Å². The molecule has 0 aromatic carbocycles. The molecule has 2 aliphatic rings. The number of carbonyl (C=O) groups is 2. The minimum atomic E-state index is -0.311. The molecule has 0 spiro atoms. The van der Waals surface area contributed by atoms with E-state index in [-0.39, 0.29) is 24.2 Å². The Morgan fingerprint density at radius 2 is 2.21 bits per heavy atom. The monoisotopic (exact) mass is 415 g/mol. The number of aryl methyl sites for hydroxylation is 2. The van der Waals surface area contributed by atoms with Crippen LogP contribution in [0.15, 0.2) is 11.4 Å². The van der Waals surface area contributed by atoms with Crippen molar-refractivity contribution >= 4 is 34.2 Å². The molecule has 1 saturated heterocycles. The van der Waals surface area contributed by atoms with Gasteiger partial charge in [0.25, 0.3) is 0 Å². The van der Waals surface area contributed by atoms with E-state index in [4.69, 9.17) is 4.74 Å². The zero-order valence-corrected chi connectivity index (χ0v) is 17.3. The van der Waals surface area contributed by atoms with E-state index in [0.717, 1.165) is 50.2 Å². The second-order valence-corrected chi connectivity index (χ2v) is 8.29. The van der Waals surface area contributed by atoms with Crippen molar-refractivity contribution < 1.29 is 14.3 Å². The van der Waals surface area contributed by atoms with Gasteiger partial charge in [-0.15, -0.1) is 16.4 Å². The number of anilines is 2. The molecule has 1 atom stereocenters. The van der Waals surface area contributed by atoms with Crippen molar-refractivity contribution in [3.8, 4) is 0 Å². The van der Waals surface area contributed by atoms with E-state index in [0.29, 0.717) is 24.0 Å². The summed E-state index contributed by atoms with van der Waals surface area (Å²) >= 11 is 1.33. The Bertz CT molecular complexity index is 900. The molecule has 4 rings (SSSR count). The predicted octanol–water partition coefficient (Wildman–Crippen LogP) is 2.38. The summed E-state index contributed by atoms with van der Waals surface area (Å²) in [7, 11) is 0. The summed E-state index contributed by atoms with van der Waals surface area (Å²) < 4.78 is 4.93. The molecule has 1 amide bonds. The van der Waals surface area contributed by atoms with E-state index in [2.05, 4.69) is 31.5 Å². The maximum absolute atomic E-state index is 12.8. The third-order valence-corrected chi connectivity index (χ3v) is 6.14. The highest BCUT2D eigenvalue weighted by Crippen LogP contribution is 2.27. The number of nitrogens with zero attached hydrogens (tertiary/aromatic N) is 4. The standard InChI is InChI=1S/C20H25N5O3S/c1-2-28-18(26)10-15-12-29-20(21-15)22-19(27)14-6-4-8-25(11-14)17-9-13-5-3-7-16(13)23-24-17/h9,12,14H,2-8,10-11H2,1H3,(H,21,22,27). The summed E-state index contributed by atoms with van der Waals surface area (Å²) in [6.07, 6.45) is 5.11. The summed E-state index contributed by atoms with van der Waals surface area (Å²) in [5.74, 6) is 0.389. The van der Waals surface area contributed by atoms with E-state index in [1.54, 1.807) is 12.3 Å². The first-order valence-corrected chi connectivity index (χ1v) is 11.0. The van der Waals surface area contributed by atoms with Gasteiger partial charge in [0.15, 0.2) is 10.9 Å². The second-order valence-electron chi connectivity index (χ2n) is 7.43.